The Morgan fingerprint density at radius 1 is 1.18 bits per heavy atom. The van der Waals surface area contributed by atoms with Gasteiger partial charge in [-0.05, 0) is 31.5 Å². The molecule has 1 aromatic heterocycles. The summed E-state index contributed by atoms with van der Waals surface area (Å²) in [7, 11) is 0. The topological polar surface area (TPSA) is 43.8 Å². The van der Waals surface area contributed by atoms with Crippen molar-refractivity contribution in [1.82, 2.24) is 9.78 Å². The SMILES string of the molecule is CC.Cc1ccc(S)c(-n2nc(C)cc2N)c1. The predicted molar refractivity (Wildman–Crippen MR) is 76.1 cm³/mol. The van der Waals surface area contributed by atoms with Gasteiger partial charge in [0.2, 0.25) is 0 Å². The molecule has 2 rings (SSSR count). The summed E-state index contributed by atoms with van der Waals surface area (Å²) in [5, 5.41) is 4.33. The minimum Gasteiger partial charge on any atom is -0.384 e. The lowest BCUT2D eigenvalue weighted by molar-refractivity contribution is 0.854. The van der Waals surface area contributed by atoms with E-state index in [9.17, 15) is 0 Å². The molecule has 0 atom stereocenters. The Bertz CT molecular complexity index is 503. The van der Waals surface area contributed by atoms with Crippen LogP contribution in [0, 0.1) is 13.8 Å². The van der Waals surface area contributed by atoms with Crippen molar-refractivity contribution in [2.75, 3.05) is 5.73 Å². The van der Waals surface area contributed by atoms with Crippen molar-refractivity contribution >= 4 is 18.4 Å². The molecular weight excluding hydrogens is 230 g/mol. The zero-order valence-electron chi connectivity index (χ0n) is 10.7. The predicted octanol–water partition coefficient (Wildman–Crippen LogP) is 3.39. The van der Waals surface area contributed by atoms with Gasteiger partial charge in [0.15, 0.2) is 0 Å². The zero-order chi connectivity index (χ0) is 13.0. The van der Waals surface area contributed by atoms with Crippen LogP contribution in [0.3, 0.4) is 0 Å². The number of nitrogens with zero attached hydrogens (tertiary/aromatic N) is 2. The van der Waals surface area contributed by atoms with E-state index in [2.05, 4.69) is 17.7 Å². The van der Waals surface area contributed by atoms with Gasteiger partial charge in [-0.1, -0.05) is 19.9 Å². The van der Waals surface area contributed by atoms with Crippen LogP contribution in [0.15, 0.2) is 29.2 Å². The first kappa shape index (κ1) is 13.6. The van der Waals surface area contributed by atoms with Gasteiger partial charge in [-0.3, -0.25) is 0 Å². The second kappa shape index (κ2) is 5.77. The maximum absolute atomic E-state index is 5.86. The van der Waals surface area contributed by atoms with Gasteiger partial charge in [0.25, 0.3) is 0 Å². The number of benzene rings is 1. The number of nitrogens with two attached hydrogens (primary N) is 1. The third-order valence-corrected chi connectivity index (χ3v) is 2.60. The molecule has 0 fully saturated rings. The smallest absolute Gasteiger partial charge is 0.127 e. The van der Waals surface area contributed by atoms with E-state index in [1.807, 2.05) is 52.0 Å². The van der Waals surface area contributed by atoms with Crippen LogP contribution in [-0.2, 0) is 0 Å². The van der Waals surface area contributed by atoms with Crippen LogP contribution < -0.4 is 5.73 Å². The molecule has 0 radical (unpaired) electrons. The monoisotopic (exact) mass is 249 g/mol. The molecule has 3 nitrogen and oxygen atoms in total. The fourth-order valence-corrected chi connectivity index (χ4v) is 1.75. The maximum Gasteiger partial charge on any atom is 0.127 e. The highest BCUT2D eigenvalue weighted by Crippen LogP contribution is 2.22. The summed E-state index contributed by atoms with van der Waals surface area (Å²) in [4.78, 5) is 0.871. The Kier molecular flexibility index (Phi) is 4.63. The van der Waals surface area contributed by atoms with Gasteiger partial charge < -0.3 is 5.73 Å². The molecule has 0 saturated heterocycles. The van der Waals surface area contributed by atoms with Gasteiger partial charge in [-0.25, -0.2) is 4.68 Å². The average molecular weight is 249 g/mol. The highest BCUT2D eigenvalue weighted by molar-refractivity contribution is 7.80. The third-order valence-electron chi connectivity index (χ3n) is 2.22. The highest BCUT2D eigenvalue weighted by atomic mass is 32.1. The molecule has 2 aromatic rings. The van der Waals surface area contributed by atoms with Crippen LogP contribution >= 0.6 is 12.6 Å². The van der Waals surface area contributed by atoms with Crippen LogP contribution in [0.1, 0.15) is 25.1 Å². The number of nitrogen functional groups attached to an aromatic ring is 1. The first-order valence-corrected chi connectivity index (χ1v) is 6.15. The minimum atomic E-state index is 0.633. The van der Waals surface area contributed by atoms with E-state index in [1.165, 1.54) is 0 Å². The maximum atomic E-state index is 5.86. The normalized spacial score (nSPS) is 9.71. The molecular formula is C13H19N3S. The summed E-state index contributed by atoms with van der Waals surface area (Å²) in [5.41, 5.74) is 8.85. The molecule has 0 aliphatic rings. The van der Waals surface area contributed by atoms with E-state index >= 15 is 0 Å². The van der Waals surface area contributed by atoms with Gasteiger partial charge in [0.1, 0.15) is 5.82 Å². The molecule has 92 valence electrons. The molecule has 0 bridgehead atoms. The number of aromatic nitrogens is 2. The van der Waals surface area contributed by atoms with E-state index in [0.717, 1.165) is 21.8 Å². The van der Waals surface area contributed by atoms with Crippen molar-refractivity contribution in [3.05, 3.63) is 35.5 Å². The zero-order valence-corrected chi connectivity index (χ0v) is 11.6. The number of aryl methyl sites for hydroxylation is 2. The molecule has 0 unspecified atom stereocenters. The standard InChI is InChI=1S/C11H13N3S.C2H6/c1-7-3-4-10(15)9(5-7)14-11(12)6-8(2)13-14;1-2/h3-6,15H,12H2,1-2H3;1-2H3. The molecule has 17 heavy (non-hydrogen) atoms. The lowest BCUT2D eigenvalue weighted by Crippen LogP contribution is -2.03. The quantitative estimate of drug-likeness (QED) is 0.761. The van der Waals surface area contributed by atoms with Crippen LogP contribution in [0.5, 0.6) is 0 Å². The van der Waals surface area contributed by atoms with E-state index in [-0.39, 0.29) is 0 Å². The van der Waals surface area contributed by atoms with Crippen molar-refractivity contribution in [1.29, 1.82) is 0 Å². The van der Waals surface area contributed by atoms with Crippen LogP contribution in [-0.4, -0.2) is 9.78 Å². The summed E-state index contributed by atoms with van der Waals surface area (Å²) >= 11 is 4.40. The number of thiol groups is 1. The molecule has 0 amide bonds. The average Bonchev–Trinajstić information content (AvgIpc) is 2.64. The lowest BCUT2D eigenvalue weighted by Gasteiger charge is -2.07. The minimum absolute atomic E-state index is 0.633. The van der Waals surface area contributed by atoms with Gasteiger partial charge in [-0.15, -0.1) is 12.6 Å². The van der Waals surface area contributed by atoms with E-state index in [1.54, 1.807) is 4.68 Å². The van der Waals surface area contributed by atoms with E-state index < -0.39 is 0 Å². The summed E-state index contributed by atoms with van der Waals surface area (Å²) in [6.07, 6.45) is 0. The van der Waals surface area contributed by atoms with Crippen LogP contribution in [0.25, 0.3) is 5.69 Å². The number of hydrogen-bond acceptors (Lipinski definition) is 3. The molecule has 0 aliphatic carbocycles. The molecule has 0 spiro atoms. The summed E-state index contributed by atoms with van der Waals surface area (Å²) in [6, 6.07) is 7.82. The van der Waals surface area contributed by atoms with Gasteiger partial charge in [-0.2, -0.15) is 5.10 Å². The van der Waals surface area contributed by atoms with Crippen molar-refractivity contribution in [2.24, 2.45) is 0 Å². The third kappa shape index (κ3) is 3.03. The fraction of sp³-hybridized carbons (Fsp3) is 0.308. The van der Waals surface area contributed by atoms with Crippen LogP contribution in [0.2, 0.25) is 0 Å². The molecule has 4 heteroatoms. The second-order valence-electron chi connectivity index (χ2n) is 3.61. The Morgan fingerprint density at radius 3 is 2.35 bits per heavy atom. The van der Waals surface area contributed by atoms with E-state index in [4.69, 9.17) is 5.73 Å². The largest absolute Gasteiger partial charge is 0.384 e. The van der Waals surface area contributed by atoms with Gasteiger partial charge in [0, 0.05) is 11.0 Å². The van der Waals surface area contributed by atoms with E-state index in [0.29, 0.717) is 5.82 Å². The van der Waals surface area contributed by atoms with Gasteiger partial charge in [0.05, 0.1) is 11.4 Å². The van der Waals surface area contributed by atoms with Crippen molar-refractivity contribution in [3.8, 4) is 5.69 Å². The van der Waals surface area contributed by atoms with Crippen LogP contribution in [0.4, 0.5) is 5.82 Å². The molecule has 0 aliphatic heterocycles. The fourth-order valence-electron chi connectivity index (χ4n) is 1.52. The molecule has 1 heterocycles. The second-order valence-corrected chi connectivity index (χ2v) is 4.10. The first-order valence-electron chi connectivity index (χ1n) is 5.70. The Balaban J connectivity index is 0.000000686. The summed E-state index contributed by atoms with van der Waals surface area (Å²) < 4.78 is 1.71. The van der Waals surface area contributed by atoms with Crippen molar-refractivity contribution in [2.45, 2.75) is 32.6 Å². The summed E-state index contributed by atoms with van der Waals surface area (Å²) in [5.74, 6) is 0.633. The number of anilines is 1. The van der Waals surface area contributed by atoms with Crippen molar-refractivity contribution in [3.63, 3.8) is 0 Å². The Labute approximate surface area is 108 Å². The Morgan fingerprint density at radius 2 is 1.82 bits per heavy atom. The van der Waals surface area contributed by atoms with Gasteiger partial charge >= 0.3 is 0 Å². The van der Waals surface area contributed by atoms with Crippen molar-refractivity contribution < 1.29 is 0 Å². The molecule has 0 saturated carbocycles. The number of hydrogen-bond donors (Lipinski definition) is 2. The first-order chi connectivity index (χ1) is 8.08. The lowest BCUT2D eigenvalue weighted by atomic mass is 10.2. The highest BCUT2D eigenvalue weighted by Gasteiger charge is 2.07. The summed E-state index contributed by atoms with van der Waals surface area (Å²) in [6.45, 7) is 7.95. The molecule has 1 aromatic carbocycles. The Hall–Kier alpha value is -1.42. The number of rotatable bonds is 1. The molecule has 2 N–H and O–H groups in total.